The quantitative estimate of drug-likeness (QED) is 0.310. The number of halogens is 6. The summed E-state index contributed by atoms with van der Waals surface area (Å²) in [5.41, 5.74) is 0. The van der Waals surface area contributed by atoms with Gasteiger partial charge < -0.3 is 51.3 Å². The molecule has 0 fully saturated rings. The van der Waals surface area contributed by atoms with Gasteiger partial charge in [-0.25, -0.2) is 0 Å². The molecule has 0 amide bonds. The average molecular weight is 469 g/mol. The molecule has 0 unspecified atom stereocenters. The fourth-order valence-electron chi connectivity index (χ4n) is 0. The molecule has 0 bridgehead atoms. The summed E-state index contributed by atoms with van der Waals surface area (Å²) in [6.07, 6.45) is 0. The zero-order valence-electron chi connectivity index (χ0n) is 3.12. The van der Waals surface area contributed by atoms with Gasteiger partial charge >= 0.3 is 0 Å². The minimum Gasteiger partial charge on any atom is -1.00 e. The molecule has 3 radical (unpaired) electrons. The van der Waals surface area contributed by atoms with Crippen LogP contribution >= 0.6 is 0 Å². The Balaban J connectivity index is 0. The van der Waals surface area contributed by atoms with Gasteiger partial charge in [0.15, 0.2) is 0 Å². The first-order valence-electron chi connectivity index (χ1n) is 0. The second-order valence-corrected chi connectivity index (χ2v) is 0. The SMILES string of the molecule is [Cl-].[Cl-].[Cl-].[F-].[F-].[F-].[Sb].[W]. The summed E-state index contributed by atoms with van der Waals surface area (Å²) in [7, 11) is 0. The van der Waals surface area contributed by atoms with Crippen molar-refractivity contribution in [1.82, 2.24) is 0 Å². The van der Waals surface area contributed by atoms with E-state index in [1.54, 1.807) is 0 Å². The Morgan fingerprint density at radius 1 is 0.500 bits per heavy atom. The topological polar surface area (TPSA) is 0 Å². The molecule has 0 saturated heterocycles. The molecule has 0 rings (SSSR count). The van der Waals surface area contributed by atoms with Crippen molar-refractivity contribution in [3.8, 4) is 0 Å². The van der Waals surface area contributed by atoms with E-state index in [9.17, 15) is 0 Å². The third-order valence-electron chi connectivity index (χ3n) is 0. The van der Waals surface area contributed by atoms with E-state index >= 15 is 0 Å². The Labute approximate surface area is 96.0 Å². The second kappa shape index (κ2) is 130. The molecule has 59 valence electrons. The summed E-state index contributed by atoms with van der Waals surface area (Å²) in [6.45, 7) is 0. The molecule has 0 spiro atoms. The molecule has 0 nitrogen and oxygen atoms in total. The Hall–Kier alpha value is 2.17. The Morgan fingerprint density at radius 2 is 0.500 bits per heavy atom. The van der Waals surface area contributed by atoms with Crippen LogP contribution in [-0.2, 0) is 21.1 Å². The summed E-state index contributed by atoms with van der Waals surface area (Å²) >= 11 is 0. The number of hydrogen-bond donors (Lipinski definition) is 0. The molecule has 0 saturated carbocycles. The molecule has 0 aliphatic heterocycles. The van der Waals surface area contributed by atoms with Crippen LogP contribution in [-0.4, -0.2) is 24.4 Å². The standard InChI is InChI=1S/3ClH.3FH.Sb.W/h6*1H;;/p-6. The number of rotatable bonds is 0. The zero-order chi connectivity index (χ0) is 0. The van der Waals surface area contributed by atoms with E-state index in [2.05, 4.69) is 0 Å². The molecule has 0 aromatic carbocycles. The van der Waals surface area contributed by atoms with E-state index < -0.39 is 0 Å². The van der Waals surface area contributed by atoms with Gasteiger partial charge in [-0.2, -0.15) is 0 Å². The zero-order valence-corrected chi connectivity index (χ0v) is 10.9. The van der Waals surface area contributed by atoms with Gasteiger partial charge in [0.25, 0.3) is 0 Å². The molecular weight excluding hydrogens is 469 g/mol. The van der Waals surface area contributed by atoms with Crippen LogP contribution in [0.15, 0.2) is 0 Å². The van der Waals surface area contributed by atoms with Crippen LogP contribution < -0.4 is 51.3 Å². The molecule has 8 heavy (non-hydrogen) atoms. The van der Waals surface area contributed by atoms with Crippen LogP contribution in [0.4, 0.5) is 0 Å². The van der Waals surface area contributed by atoms with E-state index in [0.29, 0.717) is 0 Å². The van der Waals surface area contributed by atoms with Crippen LogP contribution in [0.5, 0.6) is 0 Å². The molecule has 0 atom stereocenters. The van der Waals surface area contributed by atoms with Crippen LogP contribution in [0.3, 0.4) is 0 Å². The van der Waals surface area contributed by atoms with Crippen LogP contribution in [0.25, 0.3) is 0 Å². The first-order valence-corrected chi connectivity index (χ1v) is 0. The van der Waals surface area contributed by atoms with Gasteiger partial charge in [-0.15, -0.1) is 0 Å². The number of hydrogen-bond acceptors (Lipinski definition) is 0. The molecule has 0 aromatic rings. The van der Waals surface area contributed by atoms with E-state index in [-0.39, 0.29) is 96.8 Å². The maximum atomic E-state index is 0. The van der Waals surface area contributed by atoms with Gasteiger partial charge in [-0.05, 0) is 0 Å². The molecule has 0 N–H and O–H groups in total. The smallest absolute Gasteiger partial charge is 0 e. The monoisotopic (exact) mass is 467 g/mol. The fraction of sp³-hybridized carbons (Fsp3) is 0. The molecule has 0 aromatic heterocycles. The van der Waals surface area contributed by atoms with Crippen molar-refractivity contribution < 1.29 is 72.4 Å². The summed E-state index contributed by atoms with van der Waals surface area (Å²) in [5, 5.41) is 0. The summed E-state index contributed by atoms with van der Waals surface area (Å²) in [5.74, 6) is 0. The third-order valence-corrected chi connectivity index (χ3v) is 0. The summed E-state index contributed by atoms with van der Waals surface area (Å²) in [6, 6.07) is 0. The van der Waals surface area contributed by atoms with Gasteiger partial charge in [-0.1, -0.05) is 0 Å². The van der Waals surface area contributed by atoms with Gasteiger partial charge in [0.1, 0.15) is 0 Å². The van der Waals surface area contributed by atoms with Crippen molar-refractivity contribution in [2.75, 3.05) is 0 Å². The van der Waals surface area contributed by atoms with E-state index in [1.807, 2.05) is 0 Å². The minimum atomic E-state index is 0. The van der Waals surface area contributed by atoms with Gasteiger partial charge in [-0.3, -0.25) is 0 Å². The maximum Gasteiger partial charge on any atom is 0 e. The van der Waals surface area contributed by atoms with Crippen LogP contribution in [0.2, 0.25) is 0 Å². The van der Waals surface area contributed by atoms with Crippen molar-refractivity contribution in [3.05, 3.63) is 0 Å². The molecule has 8 heteroatoms. The van der Waals surface area contributed by atoms with Crippen molar-refractivity contribution in [2.24, 2.45) is 0 Å². The Morgan fingerprint density at radius 3 is 0.500 bits per heavy atom. The average Bonchev–Trinajstić information content (AvgIpc) is 0. The second-order valence-electron chi connectivity index (χ2n) is 0. The molecule has 0 aliphatic rings. The van der Waals surface area contributed by atoms with Gasteiger partial charge in [0.2, 0.25) is 0 Å². The minimum absolute atomic E-state index is 0. The molecule has 0 heterocycles. The predicted molar refractivity (Wildman–Crippen MR) is 5.75 cm³/mol. The van der Waals surface area contributed by atoms with Crippen molar-refractivity contribution in [2.45, 2.75) is 0 Å². The summed E-state index contributed by atoms with van der Waals surface area (Å²) < 4.78 is 0. The maximum absolute atomic E-state index is 0. The first kappa shape index (κ1) is 182. The van der Waals surface area contributed by atoms with Gasteiger partial charge in [0.05, 0.1) is 0 Å². The molecular formula is Cl3F3SbW-6. The van der Waals surface area contributed by atoms with Crippen molar-refractivity contribution >= 4 is 24.4 Å². The van der Waals surface area contributed by atoms with Crippen LogP contribution in [0, 0.1) is 0 Å². The fourth-order valence-corrected chi connectivity index (χ4v) is 0. The van der Waals surface area contributed by atoms with Crippen molar-refractivity contribution in [1.29, 1.82) is 0 Å². The van der Waals surface area contributed by atoms with Crippen LogP contribution in [0.1, 0.15) is 0 Å². The third kappa shape index (κ3) is 89.4. The first-order chi connectivity index (χ1) is 0. The summed E-state index contributed by atoms with van der Waals surface area (Å²) in [4.78, 5) is 0. The Kier molecular flexibility index (Phi) is 2960. The van der Waals surface area contributed by atoms with E-state index in [0.717, 1.165) is 0 Å². The van der Waals surface area contributed by atoms with E-state index in [1.165, 1.54) is 0 Å². The normalized spacial score (nSPS) is 0. The largest absolute Gasteiger partial charge is 1.00 e. The Bertz CT molecular complexity index is 14.5. The molecule has 0 aliphatic carbocycles. The van der Waals surface area contributed by atoms with E-state index in [4.69, 9.17) is 0 Å². The van der Waals surface area contributed by atoms with Gasteiger partial charge in [0, 0.05) is 45.5 Å². The predicted octanol–water partition coefficient (Wildman–Crippen LogP) is -18.4. The van der Waals surface area contributed by atoms with Crippen molar-refractivity contribution in [3.63, 3.8) is 0 Å².